The van der Waals surface area contributed by atoms with Crippen molar-refractivity contribution in [3.8, 4) is 0 Å². The van der Waals surface area contributed by atoms with Crippen LogP contribution in [0.5, 0.6) is 0 Å². The highest BCUT2D eigenvalue weighted by Crippen LogP contribution is 2.36. The molecule has 1 heterocycles. The van der Waals surface area contributed by atoms with Gasteiger partial charge in [-0.15, -0.1) is 0 Å². The number of carbonyl (C=O) groups is 1. The largest absolute Gasteiger partial charge is 0.434 e. The van der Waals surface area contributed by atoms with Crippen molar-refractivity contribution >= 4 is 21.8 Å². The lowest BCUT2D eigenvalue weighted by atomic mass is 10.3. The Bertz CT molecular complexity index is 442. The number of amides is 1. The molecule has 0 aliphatic carbocycles. The molecule has 8 heteroatoms. The molecule has 102 valence electrons. The standard InChI is InChI=1S/C10H13BrF3N3O/c1-3-4-5-15-9(18)7-6(11)8(10(12,13)14)17(2)16-7/h3-5H2,1-2H3,(H,15,18). The summed E-state index contributed by atoms with van der Waals surface area (Å²) in [6.07, 6.45) is -2.90. The summed E-state index contributed by atoms with van der Waals surface area (Å²) >= 11 is 2.78. The van der Waals surface area contributed by atoms with Gasteiger partial charge >= 0.3 is 6.18 Å². The third-order valence-corrected chi connectivity index (χ3v) is 3.04. The van der Waals surface area contributed by atoms with Crippen LogP contribution < -0.4 is 5.32 Å². The summed E-state index contributed by atoms with van der Waals surface area (Å²) in [5, 5.41) is 6.11. The van der Waals surface area contributed by atoms with Crippen molar-refractivity contribution in [2.75, 3.05) is 6.54 Å². The Morgan fingerprint density at radius 1 is 1.50 bits per heavy atom. The smallest absolute Gasteiger partial charge is 0.351 e. The van der Waals surface area contributed by atoms with Crippen molar-refractivity contribution in [3.63, 3.8) is 0 Å². The van der Waals surface area contributed by atoms with E-state index in [9.17, 15) is 18.0 Å². The maximum absolute atomic E-state index is 12.7. The average Bonchev–Trinajstić information content (AvgIpc) is 2.53. The van der Waals surface area contributed by atoms with Crippen LogP contribution in [0, 0.1) is 0 Å². The van der Waals surface area contributed by atoms with E-state index in [0.717, 1.165) is 19.9 Å². The number of nitrogens with one attached hydrogen (secondary N) is 1. The third-order valence-electron chi connectivity index (χ3n) is 2.29. The van der Waals surface area contributed by atoms with Gasteiger partial charge in [0.25, 0.3) is 5.91 Å². The summed E-state index contributed by atoms with van der Waals surface area (Å²) < 4.78 is 38.3. The second-order valence-electron chi connectivity index (χ2n) is 3.74. The Kier molecular flexibility index (Phi) is 4.78. The molecule has 0 saturated heterocycles. The summed E-state index contributed by atoms with van der Waals surface area (Å²) in [5.74, 6) is -0.610. The van der Waals surface area contributed by atoms with Gasteiger partial charge in [-0.1, -0.05) is 13.3 Å². The molecule has 0 fully saturated rings. The van der Waals surface area contributed by atoms with Crippen LogP contribution in [0.2, 0.25) is 0 Å². The summed E-state index contributed by atoms with van der Waals surface area (Å²) in [6.45, 7) is 2.37. The predicted molar refractivity (Wildman–Crippen MR) is 63.2 cm³/mol. The van der Waals surface area contributed by atoms with Crippen LogP contribution in [0.1, 0.15) is 35.9 Å². The van der Waals surface area contributed by atoms with Crippen molar-refractivity contribution in [1.29, 1.82) is 0 Å². The zero-order valence-corrected chi connectivity index (χ0v) is 11.5. The van der Waals surface area contributed by atoms with Crippen molar-refractivity contribution in [2.24, 2.45) is 7.05 Å². The average molecular weight is 328 g/mol. The van der Waals surface area contributed by atoms with Gasteiger partial charge in [0.1, 0.15) is 0 Å². The normalized spacial score (nSPS) is 11.7. The van der Waals surface area contributed by atoms with Crippen LogP contribution in [0.15, 0.2) is 4.47 Å². The molecule has 1 amide bonds. The van der Waals surface area contributed by atoms with E-state index in [-0.39, 0.29) is 10.2 Å². The minimum absolute atomic E-state index is 0.249. The molecule has 0 unspecified atom stereocenters. The first-order chi connectivity index (χ1) is 8.29. The molecular weight excluding hydrogens is 315 g/mol. The maximum Gasteiger partial charge on any atom is 0.434 e. The number of aromatic nitrogens is 2. The zero-order chi connectivity index (χ0) is 13.9. The lowest BCUT2D eigenvalue weighted by Gasteiger charge is -2.06. The van der Waals surface area contributed by atoms with Crippen LogP contribution in [-0.2, 0) is 13.2 Å². The monoisotopic (exact) mass is 327 g/mol. The Morgan fingerprint density at radius 3 is 2.56 bits per heavy atom. The van der Waals surface area contributed by atoms with Crippen LogP contribution in [-0.4, -0.2) is 22.2 Å². The fourth-order valence-electron chi connectivity index (χ4n) is 1.41. The molecule has 4 nitrogen and oxygen atoms in total. The van der Waals surface area contributed by atoms with Crippen molar-refractivity contribution in [3.05, 3.63) is 15.9 Å². The summed E-state index contributed by atoms with van der Waals surface area (Å²) in [4.78, 5) is 11.6. The van der Waals surface area contributed by atoms with Gasteiger partial charge in [-0.25, -0.2) is 0 Å². The van der Waals surface area contributed by atoms with Crippen LogP contribution in [0.25, 0.3) is 0 Å². The van der Waals surface area contributed by atoms with Crippen LogP contribution in [0.4, 0.5) is 13.2 Å². The molecule has 1 aromatic rings. The molecule has 0 saturated carbocycles. The van der Waals surface area contributed by atoms with Crippen molar-refractivity contribution in [2.45, 2.75) is 25.9 Å². The molecule has 0 radical (unpaired) electrons. The number of aryl methyl sites for hydroxylation is 1. The van der Waals surface area contributed by atoms with E-state index in [2.05, 4.69) is 26.3 Å². The molecule has 0 spiro atoms. The fourth-order valence-corrected chi connectivity index (χ4v) is 2.15. The summed E-state index contributed by atoms with van der Waals surface area (Å²) in [7, 11) is 1.15. The van der Waals surface area contributed by atoms with Crippen molar-refractivity contribution < 1.29 is 18.0 Å². The molecule has 1 aromatic heterocycles. The Morgan fingerprint density at radius 2 is 2.11 bits per heavy atom. The molecule has 0 bridgehead atoms. The quantitative estimate of drug-likeness (QED) is 0.864. The number of unbranched alkanes of at least 4 members (excludes halogenated alkanes) is 1. The van der Waals surface area contributed by atoms with E-state index in [0.29, 0.717) is 11.2 Å². The summed E-state index contributed by atoms with van der Waals surface area (Å²) in [5.41, 5.74) is -1.22. The molecule has 0 atom stereocenters. The maximum atomic E-state index is 12.7. The van der Waals surface area contributed by atoms with Crippen LogP contribution in [0.3, 0.4) is 0 Å². The Balaban J connectivity index is 2.95. The minimum Gasteiger partial charge on any atom is -0.351 e. The van der Waals surface area contributed by atoms with Crippen LogP contribution >= 0.6 is 15.9 Å². The van der Waals surface area contributed by atoms with E-state index < -0.39 is 17.8 Å². The molecule has 1 rings (SSSR count). The number of rotatable bonds is 4. The highest BCUT2D eigenvalue weighted by Gasteiger charge is 2.39. The number of hydrogen-bond acceptors (Lipinski definition) is 2. The molecule has 0 aliphatic heterocycles. The fraction of sp³-hybridized carbons (Fsp3) is 0.600. The molecule has 1 N–H and O–H groups in total. The molecule has 0 aliphatic rings. The van der Waals surface area contributed by atoms with Gasteiger partial charge in [0.05, 0.1) is 4.47 Å². The lowest BCUT2D eigenvalue weighted by molar-refractivity contribution is -0.144. The topological polar surface area (TPSA) is 46.9 Å². The van der Waals surface area contributed by atoms with Gasteiger partial charge in [0.2, 0.25) is 0 Å². The van der Waals surface area contributed by atoms with E-state index >= 15 is 0 Å². The Hall–Kier alpha value is -1.05. The second-order valence-corrected chi connectivity index (χ2v) is 4.54. The first-order valence-electron chi connectivity index (χ1n) is 5.37. The van der Waals surface area contributed by atoms with Gasteiger partial charge in [0.15, 0.2) is 11.4 Å². The zero-order valence-electron chi connectivity index (χ0n) is 9.94. The highest BCUT2D eigenvalue weighted by molar-refractivity contribution is 9.10. The van der Waals surface area contributed by atoms with E-state index in [1.807, 2.05) is 6.92 Å². The molecular formula is C10H13BrF3N3O. The minimum atomic E-state index is -4.55. The number of hydrogen-bond donors (Lipinski definition) is 1. The Labute approximate surface area is 111 Å². The predicted octanol–water partition coefficient (Wildman–Crippen LogP) is 2.73. The second kappa shape index (κ2) is 5.73. The van der Waals surface area contributed by atoms with Gasteiger partial charge < -0.3 is 5.32 Å². The van der Waals surface area contributed by atoms with Gasteiger partial charge in [-0.3, -0.25) is 9.48 Å². The molecule has 18 heavy (non-hydrogen) atoms. The highest BCUT2D eigenvalue weighted by atomic mass is 79.9. The van der Waals surface area contributed by atoms with Gasteiger partial charge in [-0.2, -0.15) is 18.3 Å². The third kappa shape index (κ3) is 3.24. The van der Waals surface area contributed by atoms with Crippen molar-refractivity contribution in [1.82, 2.24) is 15.1 Å². The number of carbonyl (C=O) groups excluding carboxylic acids is 1. The molecule has 0 aromatic carbocycles. The van der Waals surface area contributed by atoms with Gasteiger partial charge in [0, 0.05) is 13.6 Å². The lowest BCUT2D eigenvalue weighted by Crippen LogP contribution is -2.25. The number of alkyl halides is 3. The van der Waals surface area contributed by atoms with E-state index in [1.165, 1.54) is 0 Å². The SMILES string of the molecule is CCCCNC(=O)c1nn(C)c(C(F)(F)F)c1Br. The number of nitrogens with zero attached hydrogens (tertiary/aromatic N) is 2. The van der Waals surface area contributed by atoms with E-state index in [1.54, 1.807) is 0 Å². The number of halogens is 4. The van der Waals surface area contributed by atoms with E-state index in [4.69, 9.17) is 0 Å². The first kappa shape index (κ1) is 15.0. The summed E-state index contributed by atoms with van der Waals surface area (Å²) in [6, 6.07) is 0. The first-order valence-corrected chi connectivity index (χ1v) is 6.16. The van der Waals surface area contributed by atoms with Gasteiger partial charge in [-0.05, 0) is 22.4 Å².